The molecule has 1 amide bonds. The highest BCUT2D eigenvalue weighted by atomic mass is 16.5. The molecule has 0 saturated carbocycles. The Morgan fingerprint density at radius 2 is 1.91 bits per heavy atom. The molecule has 7 heteroatoms. The third-order valence-electron chi connectivity index (χ3n) is 6.79. The van der Waals surface area contributed by atoms with E-state index in [1.165, 1.54) is 5.69 Å². The van der Waals surface area contributed by atoms with Gasteiger partial charge in [0.1, 0.15) is 11.6 Å². The molecule has 0 spiro atoms. The lowest BCUT2D eigenvalue weighted by Crippen LogP contribution is -2.55. The van der Waals surface area contributed by atoms with Gasteiger partial charge in [0.05, 0.1) is 23.8 Å². The number of ether oxygens (including phenoxy) is 1. The summed E-state index contributed by atoms with van der Waals surface area (Å²) in [6.45, 7) is 7.52. The van der Waals surface area contributed by atoms with E-state index in [1.54, 1.807) is 7.11 Å². The van der Waals surface area contributed by atoms with Gasteiger partial charge < -0.3 is 19.5 Å². The first kappa shape index (κ1) is 20.8. The summed E-state index contributed by atoms with van der Waals surface area (Å²) in [4.78, 5) is 27.9. The van der Waals surface area contributed by atoms with Crippen LogP contribution < -0.4 is 9.64 Å². The number of nitrogens with one attached hydrogen (secondary N) is 1. The largest absolute Gasteiger partial charge is 0.495 e. The number of imidazole rings is 1. The zero-order valence-electron chi connectivity index (χ0n) is 18.9. The molecule has 0 bridgehead atoms. The van der Waals surface area contributed by atoms with E-state index in [0.29, 0.717) is 6.04 Å². The average molecular weight is 434 g/mol. The van der Waals surface area contributed by atoms with E-state index in [2.05, 4.69) is 31.9 Å². The van der Waals surface area contributed by atoms with Crippen LogP contribution in [0.25, 0.3) is 11.0 Å². The molecule has 1 unspecified atom stereocenters. The van der Waals surface area contributed by atoms with Crippen molar-refractivity contribution in [2.75, 3.05) is 51.3 Å². The lowest BCUT2D eigenvalue weighted by atomic mass is 10.0. The lowest BCUT2D eigenvalue weighted by Gasteiger charge is -2.44. The Morgan fingerprint density at radius 1 is 1.09 bits per heavy atom. The molecule has 2 aliphatic heterocycles. The van der Waals surface area contributed by atoms with E-state index < -0.39 is 0 Å². The number of carbonyl (C=O) groups is 1. The SMILES string of the molecule is COc1ccccc1N1CCN(C2CCCN(C(=O)c3ccc4nc(C)[nH]c4c3)C2)CC1. The number of benzene rings is 2. The van der Waals surface area contributed by atoms with Crippen LogP contribution in [0.4, 0.5) is 5.69 Å². The van der Waals surface area contributed by atoms with Crippen LogP contribution in [0.1, 0.15) is 29.0 Å². The third kappa shape index (κ3) is 4.05. The molecule has 2 fully saturated rings. The Morgan fingerprint density at radius 3 is 2.72 bits per heavy atom. The van der Waals surface area contributed by atoms with Crippen LogP contribution in [0.2, 0.25) is 0 Å². The number of methoxy groups -OCH3 is 1. The molecule has 0 radical (unpaired) electrons. The first-order chi connectivity index (χ1) is 15.6. The van der Waals surface area contributed by atoms with Crippen LogP contribution >= 0.6 is 0 Å². The van der Waals surface area contributed by atoms with Crippen LogP contribution in [0.5, 0.6) is 5.75 Å². The molecule has 1 atom stereocenters. The predicted molar refractivity (Wildman–Crippen MR) is 127 cm³/mol. The first-order valence-corrected chi connectivity index (χ1v) is 11.5. The highest BCUT2D eigenvalue weighted by Crippen LogP contribution is 2.29. The summed E-state index contributed by atoms with van der Waals surface area (Å²) in [5.41, 5.74) is 3.74. The van der Waals surface area contributed by atoms with Crippen molar-refractivity contribution in [2.24, 2.45) is 0 Å². The fraction of sp³-hybridized carbons (Fsp3) is 0.440. The molecular weight excluding hydrogens is 402 g/mol. The summed E-state index contributed by atoms with van der Waals surface area (Å²) >= 11 is 0. The number of carbonyl (C=O) groups excluding carboxylic acids is 1. The van der Waals surface area contributed by atoms with Crippen LogP contribution in [-0.2, 0) is 0 Å². The van der Waals surface area contributed by atoms with Crippen molar-refractivity contribution in [1.82, 2.24) is 19.8 Å². The Balaban J connectivity index is 1.23. The van der Waals surface area contributed by atoms with E-state index >= 15 is 0 Å². The molecular formula is C25H31N5O2. The molecule has 7 nitrogen and oxygen atoms in total. The van der Waals surface area contributed by atoms with Crippen LogP contribution in [0, 0.1) is 6.92 Å². The monoisotopic (exact) mass is 433 g/mol. The van der Waals surface area contributed by atoms with Gasteiger partial charge in [0, 0.05) is 50.9 Å². The van der Waals surface area contributed by atoms with Crippen LogP contribution in [0.3, 0.4) is 0 Å². The molecule has 1 N–H and O–H groups in total. The van der Waals surface area contributed by atoms with Gasteiger partial charge in [-0.15, -0.1) is 0 Å². The number of aryl methyl sites for hydroxylation is 1. The molecule has 3 aromatic rings. The lowest BCUT2D eigenvalue weighted by molar-refractivity contribution is 0.0563. The quantitative estimate of drug-likeness (QED) is 0.684. The van der Waals surface area contributed by atoms with Crippen molar-refractivity contribution in [3.63, 3.8) is 0 Å². The average Bonchev–Trinajstić information content (AvgIpc) is 3.23. The maximum Gasteiger partial charge on any atom is 0.253 e. The molecule has 1 aromatic heterocycles. The van der Waals surface area contributed by atoms with Crippen molar-refractivity contribution in [3.8, 4) is 5.75 Å². The van der Waals surface area contributed by atoms with E-state index in [9.17, 15) is 4.79 Å². The van der Waals surface area contributed by atoms with Crippen molar-refractivity contribution >= 4 is 22.6 Å². The van der Waals surface area contributed by atoms with Crippen molar-refractivity contribution in [3.05, 3.63) is 53.9 Å². The smallest absolute Gasteiger partial charge is 0.253 e. The molecule has 3 heterocycles. The minimum Gasteiger partial charge on any atom is -0.495 e. The number of likely N-dealkylation sites (tertiary alicyclic amines) is 1. The fourth-order valence-corrected chi connectivity index (χ4v) is 5.11. The number of aromatic nitrogens is 2. The van der Waals surface area contributed by atoms with Gasteiger partial charge in [0.25, 0.3) is 5.91 Å². The fourth-order valence-electron chi connectivity index (χ4n) is 5.11. The molecule has 32 heavy (non-hydrogen) atoms. The van der Waals surface area contributed by atoms with E-state index in [-0.39, 0.29) is 5.91 Å². The van der Waals surface area contributed by atoms with Gasteiger partial charge in [-0.25, -0.2) is 4.98 Å². The highest BCUT2D eigenvalue weighted by molar-refractivity contribution is 5.97. The summed E-state index contributed by atoms with van der Waals surface area (Å²) < 4.78 is 5.55. The second-order valence-corrected chi connectivity index (χ2v) is 8.80. The number of hydrogen-bond acceptors (Lipinski definition) is 5. The molecule has 168 valence electrons. The maximum atomic E-state index is 13.2. The number of rotatable bonds is 4. The van der Waals surface area contributed by atoms with Crippen molar-refractivity contribution < 1.29 is 9.53 Å². The Labute approximate surface area is 189 Å². The first-order valence-electron chi connectivity index (χ1n) is 11.5. The summed E-state index contributed by atoms with van der Waals surface area (Å²) in [5.74, 6) is 1.92. The second kappa shape index (κ2) is 8.82. The van der Waals surface area contributed by atoms with Gasteiger partial charge in [0.15, 0.2) is 0 Å². The minimum absolute atomic E-state index is 0.122. The summed E-state index contributed by atoms with van der Waals surface area (Å²) in [6, 6.07) is 14.4. The van der Waals surface area contributed by atoms with Gasteiger partial charge in [0.2, 0.25) is 0 Å². The number of hydrogen-bond donors (Lipinski definition) is 1. The number of fused-ring (bicyclic) bond motifs is 1. The second-order valence-electron chi connectivity index (χ2n) is 8.80. The van der Waals surface area contributed by atoms with Crippen molar-refractivity contribution in [1.29, 1.82) is 0 Å². The number of nitrogens with zero attached hydrogens (tertiary/aromatic N) is 4. The van der Waals surface area contributed by atoms with E-state index in [4.69, 9.17) is 4.74 Å². The highest BCUT2D eigenvalue weighted by Gasteiger charge is 2.31. The Bertz CT molecular complexity index is 1100. The predicted octanol–water partition coefficient (Wildman–Crippen LogP) is 3.31. The molecule has 2 saturated heterocycles. The Hall–Kier alpha value is -3.06. The topological polar surface area (TPSA) is 64.7 Å². The van der Waals surface area contributed by atoms with Crippen LogP contribution in [0.15, 0.2) is 42.5 Å². The van der Waals surface area contributed by atoms with Crippen LogP contribution in [-0.4, -0.2) is 78.1 Å². The normalized spacial score (nSPS) is 20.0. The molecule has 0 aliphatic carbocycles. The van der Waals surface area contributed by atoms with Crippen molar-refractivity contribution in [2.45, 2.75) is 25.8 Å². The van der Waals surface area contributed by atoms with E-state index in [0.717, 1.165) is 80.3 Å². The van der Waals surface area contributed by atoms with E-state index in [1.807, 2.05) is 42.2 Å². The zero-order chi connectivity index (χ0) is 22.1. The maximum absolute atomic E-state index is 13.2. The van der Waals surface area contributed by atoms with Gasteiger partial charge in [-0.3, -0.25) is 9.69 Å². The number of piperidine rings is 1. The van der Waals surface area contributed by atoms with Gasteiger partial charge in [-0.1, -0.05) is 12.1 Å². The standard InChI is InChI=1S/C25H31N5O2/c1-18-26-21-10-9-19(16-22(21)27-18)25(31)30-11-5-6-20(17-30)28-12-14-29(15-13-28)23-7-3-4-8-24(23)32-2/h3-4,7-10,16,20H,5-6,11-15,17H2,1-2H3,(H,26,27). The number of anilines is 1. The van der Waals surface area contributed by atoms with Gasteiger partial charge in [-0.05, 0) is 50.1 Å². The number of H-pyrrole nitrogens is 1. The molecule has 2 aliphatic rings. The van der Waals surface area contributed by atoms with Gasteiger partial charge >= 0.3 is 0 Å². The minimum atomic E-state index is 0.122. The number of aromatic amines is 1. The summed E-state index contributed by atoms with van der Waals surface area (Å²) in [5, 5.41) is 0. The van der Waals surface area contributed by atoms with Gasteiger partial charge in [-0.2, -0.15) is 0 Å². The number of amides is 1. The summed E-state index contributed by atoms with van der Waals surface area (Å²) in [6.07, 6.45) is 2.20. The molecule has 5 rings (SSSR count). The number of piperazine rings is 1. The third-order valence-corrected chi connectivity index (χ3v) is 6.79. The zero-order valence-corrected chi connectivity index (χ0v) is 18.9. The number of para-hydroxylation sites is 2. The Kier molecular flexibility index (Phi) is 5.74. The molecule has 2 aromatic carbocycles. The summed E-state index contributed by atoms with van der Waals surface area (Å²) in [7, 11) is 1.73.